The fourth-order valence-electron chi connectivity index (χ4n) is 3.36. The Morgan fingerprint density at radius 3 is 2.52 bits per heavy atom. The fourth-order valence-corrected chi connectivity index (χ4v) is 3.36. The molecular weight excluding hydrogens is 262 g/mol. The predicted octanol–water partition coefficient (Wildman–Crippen LogP) is 1.22. The van der Waals surface area contributed by atoms with Gasteiger partial charge in [0, 0.05) is 45.0 Å². The van der Waals surface area contributed by atoms with E-state index in [2.05, 4.69) is 41.0 Å². The summed E-state index contributed by atoms with van der Waals surface area (Å²) in [6.07, 6.45) is 2.27. The van der Waals surface area contributed by atoms with Crippen molar-refractivity contribution >= 4 is 5.69 Å². The molecule has 0 spiro atoms. The maximum Gasteiger partial charge on any atom is 0.0923 e. The van der Waals surface area contributed by atoms with Crippen molar-refractivity contribution in [2.45, 2.75) is 25.4 Å². The summed E-state index contributed by atoms with van der Waals surface area (Å²) in [6.45, 7) is 7.30. The number of hydrogen-bond acceptors (Lipinski definition) is 4. The zero-order valence-electron chi connectivity index (χ0n) is 13.0. The molecule has 3 rings (SSSR count). The molecule has 0 radical (unpaired) electrons. The summed E-state index contributed by atoms with van der Waals surface area (Å²) in [4.78, 5) is 4.81. The van der Waals surface area contributed by atoms with Crippen molar-refractivity contribution < 1.29 is 5.11 Å². The number of β-amino-alcohol motifs (C(OH)–C–C–N with tert-alkyl or cyclic N) is 1. The normalized spacial score (nSPS) is 23.1. The molecule has 1 aliphatic heterocycles. The van der Waals surface area contributed by atoms with Crippen LogP contribution in [-0.4, -0.2) is 54.9 Å². The molecule has 1 atom stereocenters. The molecule has 1 aliphatic carbocycles. The first-order valence-corrected chi connectivity index (χ1v) is 8.07. The molecule has 2 fully saturated rings. The summed E-state index contributed by atoms with van der Waals surface area (Å²) >= 11 is 0. The number of aryl methyl sites for hydroxylation is 1. The average Bonchev–Trinajstić information content (AvgIpc) is 3.33. The summed E-state index contributed by atoms with van der Waals surface area (Å²) < 4.78 is 0. The smallest absolute Gasteiger partial charge is 0.0923 e. The van der Waals surface area contributed by atoms with E-state index in [1.54, 1.807) is 0 Å². The molecule has 1 heterocycles. The highest BCUT2D eigenvalue weighted by atomic mass is 16.3. The second kappa shape index (κ2) is 5.95. The van der Waals surface area contributed by atoms with E-state index >= 15 is 0 Å². The van der Waals surface area contributed by atoms with E-state index in [-0.39, 0.29) is 0 Å². The van der Waals surface area contributed by atoms with Crippen LogP contribution in [0.15, 0.2) is 24.3 Å². The monoisotopic (exact) mass is 289 g/mol. The van der Waals surface area contributed by atoms with Crippen LogP contribution < -0.4 is 10.6 Å². The van der Waals surface area contributed by atoms with Gasteiger partial charge in [0.15, 0.2) is 0 Å². The SMILES string of the molecule is Cc1cccc(N2CCN(CC(O)(CN)C3CC3)CC2)c1. The molecule has 21 heavy (non-hydrogen) atoms. The van der Waals surface area contributed by atoms with Crippen LogP contribution in [0.5, 0.6) is 0 Å². The van der Waals surface area contributed by atoms with E-state index < -0.39 is 5.60 Å². The summed E-state index contributed by atoms with van der Waals surface area (Å²) in [5.74, 6) is 0.428. The Hall–Kier alpha value is -1.10. The second-order valence-corrected chi connectivity index (χ2v) is 6.68. The van der Waals surface area contributed by atoms with Crippen molar-refractivity contribution in [1.82, 2.24) is 4.90 Å². The van der Waals surface area contributed by atoms with Crippen molar-refractivity contribution in [1.29, 1.82) is 0 Å². The van der Waals surface area contributed by atoms with Gasteiger partial charge in [-0.05, 0) is 43.4 Å². The van der Waals surface area contributed by atoms with Gasteiger partial charge in [-0.2, -0.15) is 0 Å². The van der Waals surface area contributed by atoms with Gasteiger partial charge in [0.2, 0.25) is 0 Å². The Labute approximate surface area is 127 Å². The minimum atomic E-state index is -0.661. The summed E-state index contributed by atoms with van der Waals surface area (Å²) in [6, 6.07) is 8.69. The number of nitrogens with zero attached hydrogens (tertiary/aromatic N) is 2. The zero-order chi connectivity index (χ0) is 14.9. The van der Waals surface area contributed by atoms with E-state index in [0.717, 1.165) is 45.6 Å². The molecule has 4 nitrogen and oxygen atoms in total. The summed E-state index contributed by atoms with van der Waals surface area (Å²) in [5, 5.41) is 10.7. The summed E-state index contributed by atoms with van der Waals surface area (Å²) in [5.41, 5.74) is 7.77. The number of nitrogens with two attached hydrogens (primary N) is 1. The van der Waals surface area contributed by atoms with Crippen LogP contribution in [0.4, 0.5) is 5.69 Å². The molecular formula is C17H27N3O. The third-order valence-corrected chi connectivity index (χ3v) is 4.93. The topological polar surface area (TPSA) is 52.7 Å². The van der Waals surface area contributed by atoms with E-state index in [1.807, 2.05) is 0 Å². The lowest BCUT2D eigenvalue weighted by Gasteiger charge is -2.40. The van der Waals surface area contributed by atoms with Crippen molar-refractivity contribution in [3.63, 3.8) is 0 Å². The van der Waals surface area contributed by atoms with Gasteiger partial charge in [-0.1, -0.05) is 12.1 Å². The molecule has 3 N–H and O–H groups in total. The van der Waals surface area contributed by atoms with E-state index in [4.69, 9.17) is 5.73 Å². The van der Waals surface area contributed by atoms with Crippen LogP contribution >= 0.6 is 0 Å². The number of benzene rings is 1. The molecule has 1 saturated carbocycles. The van der Waals surface area contributed by atoms with E-state index in [9.17, 15) is 5.11 Å². The molecule has 116 valence electrons. The first-order valence-electron chi connectivity index (χ1n) is 8.07. The van der Waals surface area contributed by atoms with Crippen molar-refractivity contribution in [3.8, 4) is 0 Å². The predicted molar refractivity (Wildman–Crippen MR) is 86.6 cm³/mol. The molecule has 0 bridgehead atoms. The second-order valence-electron chi connectivity index (χ2n) is 6.68. The lowest BCUT2D eigenvalue weighted by molar-refractivity contribution is -0.00941. The van der Waals surface area contributed by atoms with Crippen LogP contribution in [0.25, 0.3) is 0 Å². The number of rotatable bonds is 5. The van der Waals surface area contributed by atoms with Gasteiger partial charge in [-0.3, -0.25) is 4.90 Å². The van der Waals surface area contributed by atoms with E-state index in [1.165, 1.54) is 11.3 Å². The van der Waals surface area contributed by atoms with Crippen molar-refractivity contribution in [3.05, 3.63) is 29.8 Å². The van der Waals surface area contributed by atoms with Gasteiger partial charge in [-0.25, -0.2) is 0 Å². The quantitative estimate of drug-likeness (QED) is 0.856. The highest BCUT2D eigenvalue weighted by molar-refractivity contribution is 5.48. The first-order chi connectivity index (χ1) is 10.1. The van der Waals surface area contributed by atoms with Gasteiger partial charge < -0.3 is 15.7 Å². The number of piperazine rings is 1. The van der Waals surface area contributed by atoms with Gasteiger partial charge in [0.25, 0.3) is 0 Å². The molecule has 1 unspecified atom stereocenters. The first kappa shape index (κ1) is 14.8. The Morgan fingerprint density at radius 2 is 1.95 bits per heavy atom. The van der Waals surface area contributed by atoms with Crippen LogP contribution in [0.2, 0.25) is 0 Å². The number of aliphatic hydroxyl groups is 1. The Balaban J connectivity index is 1.55. The molecule has 1 saturated heterocycles. The lowest BCUT2D eigenvalue weighted by atomic mass is 9.97. The molecule has 4 heteroatoms. The van der Waals surface area contributed by atoms with Crippen LogP contribution in [0.3, 0.4) is 0 Å². The van der Waals surface area contributed by atoms with Crippen LogP contribution in [0.1, 0.15) is 18.4 Å². The number of anilines is 1. The standard InChI is InChI=1S/C17H27N3O/c1-14-3-2-4-16(11-14)20-9-7-19(8-10-20)13-17(21,12-18)15-5-6-15/h2-4,11,15,21H,5-10,12-13,18H2,1H3. The minimum Gasteiger partial charge on any atom is -0.387 e. The highest BCUT2D eigenvalue weighted by Crippen LogP contribution is 2.39. The molecule has 1 aromatic carbocycles. The number of hydrogen-bond donors (Lipinski definition) is 2. The van der Waals surface area contributed by atoms with Gasteiger partial charge in [0.05, 0.1) is 5.60 Å². The molecule has 0 amide bonds. The van der Waals surface area contributed by atoms with Gasteiger partial charge in [-0.15, -0.1) is 0 Å². The Kier molecular flexibility index (Phi) is 4.20. The van der Waals surface area contributed by atoms with Gasteiger partial charge in [0.1, 0.15) is 0 Å². The largest absolute Gasteiger partial charge is 0.387 e. The van der Waals surface area contributed by atoms with Crippen molar-refractivity contribution in [2.24, 2.45) is 11.7 Å². The van der Waals surface area contributed by atoms with Gasteiger partial charge >= 0.3 is 0 Å². The van der Waals surface area contributed by atoms with Crippen molar-refractivity contribution in [2.75, 3.05) is 44.2 Å². The minimum absolute atomic E-state index is 0.385. The molecule has 1 aromatic rings. The Morgan fingerprint density at radius 1 is 1.24 bits per heavy atom. The maximum atomic E-state index is 10.7. The lowest BCUT2D eigenvalue weighted by Crippen LogP contribution is -2.55. The Bertz CT molecular complexity index is 481. The van der Waals surface area contributed by atoms with Crippen LogP contribution in [0, 0.1) is 12.8 Å². The zero-order valence-corrected chi connectivity index (χ0v) is 13.0. The molecule has 0 aromatic heterocycles. The highest BCUT2D eigenvalue weighted by Gasteiger charge is 2.43. The van der Waals surface area contributed by atoms with Crippen LogP contribution in [-0.2, 0) is 0 Å². The maximum absolute atomic E-state index is 10.7. The average molecular weight is 289 g/mol. The summed E-state index contributed by atoms with van der Waals surface area (Å²) in [7, 11) is 0. The molecule has 2 aliphatic rings. The fraction of sp³-hybridized carbons (Fsp3) is 0.647. The third kappa shape index (κ3) is 3.39. The third-order valence-electron chi connectivity index (χ3n) is 4.93. The van der Waals surface area contributed by atoms with E-state index in [0.29, 0.717) is 12.5 Å².